The molecule has 1 aliphatic rings. The molecule has 39 heavy (non-hydrogen) atoms. The predicted octanol–water partition coefficient (Wildman–Crippen LogP) is 7.51. The molecule has 5 nitrogen and oxygen atoms in total. The van der Waals surface area contributed by atoms with Crippen LogP contribution in [0.15, 0.2) is 60.8 Å². The molecule has 1 aromatic heterocycles. The maximum Gasteiger partial charge on any atom is 0.252 e. The van der Waals surface area contributed by atoms with Crippen molar-refractivity contribution in [2.24, 2.45) is 0 Å². The minimum Gasteiger partial charge on any atom is -0.389 e. The Morgan fingerprint density at radius 3 is 2.36 bits per heavy atom. The molecule has 1 amide bonds. The summed E-state index contributed by atoms with van der Waals surface area (Å²) in [5, 5.41) is 15.9. The quantitative estimate of drug-likeness (QED) is 0.251. The molecule has 1 saturated heterocycles. The highest BCUT2D eigenvalue weighted by Gasteiger charge is 2.33. The number of nitrogens with one attached hydrogen (secondary N) is 1. The van der Waals surface area contributed by atoms with Crippen LogP contribution in [0.4, 0.5) is 0 Å². The molecule has 2 heterocycles. The molecule has 1 aliphatic heterocycles. The molecule has 0 aliphatic carbocycles. The molecule has 1 fully saturated rings. The summed E-state index contributed by atoms with van der Waals surface area (Å²) < 4.78 is 0. The summed E-state index contributed by atoms with van der Waals surface area (Å²) in [5.74, 6) is -0.247. The summed E-state index contributed by atoms with van der Waals surface area (Å²) >= 11 is 24.6. The lowest BCUT2D eigenvalue weighted by molar-refractivity contribution is -0.0217. The van der Waals surface area contributed by atoms with E-state index >= 15 is 0 Å². The minimum atomic E-state index is -0.736. The molecule has 0 bridgehead atoms. The lowest BCUT2D eigenvalue weighted by Gasteiger charge is -2.38. The number of hydrogen-bond donors (Lipinski definition) is 2. The third-order valence-corrected chi connectivity index (χ3v) is 8.20. The fraction of sp³-hybridized carbons (Fsp3) is 0.357. The van der Waals surface area contributed by atoms with E-state index in [9.17, 15) is 9.90 Å². The Labute approximate surface area is 262 Å². The first-order chi connectivity index (χ1) is 17.7. The standard InChI is InChI=1S/C28H29Cl4N3O2.2ClH/c29-21-5-6-23(25(31)16-21)27(36)34-18-20(19-4-7-24(30)26(32)15-19)8-12-35-13-9-28(37,10-14-35)17-22-3-1-2-11-33-22;;/h1-7,11,15-16,20,37H,8-10,12-14,17-18H2,(H,34,36);2*1H. The van der Waals surface area contributed by atoms with Crippen LogP contribution in [0.2, 0.25) is 20.1 Å². The van der Waals surface area contributed by atoms with Crippen molar-refractivity contribution < 1.29 is 9.90 Å². The Balaban J connectivity index is 0.00000267. The van der Waals surface area contributed by atoms with Gasteiger partial charge in [-0.05, 0) is 73.8 Å². The van der Waals surface area contributed by atoms with Crippen LogP contribution in [0.5, 0.6) is 0 Å². The van der Waals surface area contributed by atoms with Crippen LogP contribution < -0.4 is 5.32 Å². The molecular formula is C28H31Cl6N3O2. The van der Waals surface area contributed by atoms with Crippen LogP contribution >= 0.6 is 71.2 Å². The number of rotatable bonds is 9. The average molecular weight is 654 g/mol. The number of carbonyl (C=O) groups is 1. The molecule has 4 rings (SSSR count). The summed E-state index contributed by atoms with van der Waals surface area (Å²) in [6.45, 7) is 2.82. The summed E-state index contributed by atoms with van der Waals surface area (Å²) in [6, 6.07) is 16.2. The zero-order valence-corrected chi connectivity index (χ0v) is 25.7. The van der Waals surface area contributed by atoms with Gasteiger partial charge in [-0.1, -0.05) is 58.5 Å². The van der Waals surface area contributed by atoms with Gasteiger partial charge in [0.25, 0.3) is 5.91 Å². The lowest BCUT2D eigenvalue weighted by Crippen LogP contribution is -2.46. The minimum absolute atomic E-state index is 0. The number of aromatic nitrogens is 1. The highest BCUT2D eigenvalue weighted by Crippen LogP contribution is 2.30. The van der Waals surface area contributed by atoms with E-state index in [-0.39, 0.29) is 36.6 Å². The highest BCUT2D eigenvalue weighted by molar-refractivity contribution is 6.42. The second-order valence-corrected chi connectivity index (χ2v) is 11.2. The van der Waals surface area contributed by atoms with Crippen molar-refractivity contribution in [2.75, 3.05) is 26.2 Å². The molecule has 1 unspecified atom stereocenters. The normalized spacial score (nSPS) is 15.5. The third-order valence-electron chi connectivity index (χ3n) is 6.92. The van der Waals surface area contributed by atoms with E-state index < -0.39 is 5.60 Å². The average Bonchev–Trinajstić information content (AvgIpc) is 2.87. The van der Waals surface area contributed by atoms with E-state index in [0.29, 0.717) is 51.5 Å². The van der Waals surface area contributed by atoms with Gasteiger partial charge in [-0.25, -0.2) is 0 Å². The number of likely N-dealkylation sites (tertiary alicyclic amines) is 1. The van der Waals surface area contributed by atoms with E-state index in [1.165, 1.54) is 0 Å². The molecule has 212 valence electrons. The SMILES string of the molecule is Cl.Cl.O=C(NCC(CCN1CCC(O)(Cc2ccccn2)CC1)c1ccc(Cl)c(Cl)c1)c1ccc(Cl)cc1Cl. The van der Waals surface area contributed by atoms with E-state index in [1.807, 2.05) is 30.3 Å². The van der Waals surface area contributed by atoms with Gasteiger partial charge in [0.2, 0.25) is 0 Å². The van der Waals surface area contributed by atoms with Gasteiger partial charge >= 0.3 is 0 Å². The number of carbonyl (C=O) groups excluding carboxylic acids is 1. The molecule has 1 atom stereocenters. The van der Waals surface area contributed by atoms with Crippen molar-refractivity contribution in [1.29, 1.82) is 0 Å². The number of halogens is 6. The molecule has 11 heteroatoms. The van der Waals surface area contributed by atoms with E-state index in [4.69, 9.17) is 46.4 Å². The fourth-order valence-electron chi connectivity index (χ4n) is 4.69. The number of benzene rings is 2. The molecule has 0 saturated carbocycles. The number of pyridine rings is 1. The van der Waals surface area contributed by atoms with Crippen LogP contribution in [0.25, 0.3) is 0 Å². The van der Waals surface area contributed by atoms with Crippen molar-refractivity contribution in [3.05, 3.63) is 97.7 Å². The summed E-state index contributed by atoms with van der Waals surface area (Å²) in [5.41, 5.74) is 1.55. The van der Waals surface area contributed by atoms with Crippen LogP contribution in [0.1, 0.15) is 46.8 Å². The lowest BCUT2D eigenvalue weighted by atomic mass is 9.86. The topological polar surface area (TPSA) is 65.5 Å². The molecule has 0 spiro atoms. The number of hydrogen-bond acceptors (Lipinski definition) is 4. The van der Waals surface area contributed by atoms with Crippen LogP contribution in [-0.4, -0.2) is 52.7 Å². The van der Waals surface area contributed by atoms with Crippen LogP contribution in [-0.2, 0) is 6.42 Å². The molecule has 3 aromatic rings. The van der Waals surface area contributed by atoms with Gasteiger partial charge in [-0.15, -0.1) is 24.8 Å². The number of piperidine rings is 1. The van der Waals surface area contributed by atoms with Gasteiger partial charge in [0.1, 0.15) is 0 Å². The van der Waals surface area contributed by atoms with Gasteiger partial charge in [0, 0.05) is 48.9 Å². The second kappa shape index (κ2) is 15.6. The van der Waals surface area contributed by atoms with Gasteiger partial charge in [-0.3, -0.25) is 9.78 Å². The summed E-state index contributed by atoms with van der Waals surface area (Å²) in [6.07, 6.45) is 4.49. The smallest absolute Gasteiger partial charge is 0.252 e. The van der Waals surface area contributed by atoms with Crippen LogP contribution in [0.3, 0.4) is 0 Å². The van der Waals surface area contributed by atoms with Gasteiger partial charge in [0.15, 0.2) is 0 Å². The van der Waals surface area contributed by atoms with Crippen molar-refractivity contribution in [3.8, 4) is 0 Å². The van der Waals surface area contributed by atoms with E-state index in [1.54, 1.807) is 30.5 Å². The van der Waals surface area contributed by atoms with Crippen molar-refractivity contribution in [1.82, 2.24) is 15.2 Å². The predicted molar refractivity (Wildman–Crippen MR) is 166 cm³/mol. The Morgan fingerprint density at radius 1 is 0.974 bits per heavy atom. The molecule has 2 N–H and O–H groups in total. The maximum absolute atomic E-state index is 12.8. The third kappa shape index (κ3) is 9.65. The Hall–Kier alpha value is -1.28. The monoisotopic (exact) mass is 651 g/mol. The van der Waals surface area contributed by atoms with Crippen LogP contribution in [0, 0.1) is 0 Å². The van der Waals surface area contributed by atoms with E-state index in [0.717, 1.165) is 37.3 Å². The highest BCUT2D eigenvalue weighted by atomic mass is 35.5. The number of amides is 1. The van der Waals surface area contributed by atoms with E-state index in [2.05, 4.69) is 15.2 Å². The molecule has 2 aromatic carbocycles. The summed E-state index contributed by atoms with van der Waals surface area (Å²) in [4.78, 5) is 19.6. The number of aliphatic hydroxyl groups is 1. The maximum atomic E-state index is 12.8. The van der Waals surface area contributed by atoms with Crippen molar-refractivity contribution in [3.63, 3.8) is 0 Å². The Kier molecular flexibility index (Phi) is 13.6. The molecule has 0 radical (unpaired) electrons. The Morgan fingerprint density at radius 2 is 1.72 bits per heavy atom. The van der Waals surface area contributed by atoms with Gasteiger partial charge in [0.05, 0.1) is 26.2 Å². The van der Waals surface area contributed by atoms with Gasteiger partial charge < -0.3 is 15.3 Å². The van der Waals surface area contributed by atoms with Crippen molar-refractivity contribution in [2.45, 2.75) is 37.2 Å². The van der Waals surface area contributed by atoms with Crippen molar-refractivity contribution >= 4 is 77.1 Å². The Bertz CT molecular complexity index is 1220. The van der Waals surface area contributed by atoms with Gasteiger partial charge in [-0.2, -0.15) is 0 Å². The number of nitrogens with zero attached hydrogens (tertiary/aromatic N) is 2. The fourth-order valence-corrected chi connectivity index (χ4v) is 5.49. The first-order valence-corrected chi connectivity index (χ1v) is 13.8. The second-order valence-electron chi connectivity index (χ2n) is 9.56. The zero-order valence-electron chi connectivity index (χ0n) is 21.1. The largest absolute Gasteiger partial charge is 0.389 e. The first-order valence-electron chi connectivity index (χ1n) is 12.3. The summed E-state index contributed by atoms with van der Waals surface area (Å²) in [7, 11) is 0. The zero-order chi connectivity index (χ0) is 26.4. The first kappa shape index (κ1) is 33.9. The molecular weight excluding hydrogens is 623 g/mol.